The molecule has 1 aromatic heterocycles. The maximum Gasteiger partial charge on any atom is 0.236 e. The van der Waals surface area contributed by atoms with Crippen LogP contribution >= 0.6 is 11.6 Å². The summed E-state index contributed by atoms with van der Waals surface area (Å²) in [6, 6.07) is 12.3. The van der Waals surface area contributed by atoms with Gasteiger partial charge in [-0.15, -0.1) is 0 Å². The van der Waals surface area contributed by atoms with Gasteiger partial charge < -0.3 is 9.64 Å². The predicted octanol–water partition coefficient (Wildman–Crippen LogP) is 3.67. The van der Waals surface area contributed by atoms with E-state index in [2.05, 4.69) is 23.1 Å². The minimum atomic E-state index is 0.227. The standard InChI is InChI=1S/C24H30ClN3O2/c1-18-13-19(14-20-5-2-3-7-22(20)25)15-23(26-18)21-6-4-8-28(16-21)24(29)17-27-9-11-30-12-10-27/h2-3,5,7,13,15,21H,4,6,8-12,14,16-17H2,1H3. The van der Waals surface area contributed by atoms with Crippen molar-refractivity contribution in [2.45, 2.75) is 32.1 Å². The Morgan fingerprint density at radius 1 is 1.20 bits per heavy atom. The highest BCUT2D eigenvalue weighted by Crippen LogP contribution is 2.28. The number of halogens is 1. The molecule has 30 heavy (non-hydrogen) atoms. The number of ether oxygens (including phenoxy) is 1. The number of carbonyl (C=O) groups excluding carboxylic acids is 1. The number of piperidine rings is 1. The zero-order valence-corrected chi connectivity index (χ0v) is 18.4. The Morgan fingerprint density at radius 3 is 2.80 bits per heavy atom. The summed E-state index contributed by atoms with van der Waals surface area (Å²) >= 11 is 6.36. The summed E-state index contributed by atoms with van der Waals surface area (Å²) in [4.78, 5) is 21.9. The van der Waals surface area contributed by atoms with Crippen molar-refractivity contribution in [3.05, 3.63) is 63.9 Å². The molecule has 2 fully saturated rings. The van der Waals surface area contributed by atoms with Gasteiger partial charge in [0.25, 0.3) is 0 Å². The maximum atomic E-state index is 12.9. The van der Waals surface area contributed by atoms with Crippen molar-refractivity contribution in [3.8, 4) is 0 Å². The van der Waals surface area contributed by atoms with Gasteiger partial charge in [-0.3, -0.25) is 14.7 Å². The van der Waals surface area contributed by atoms with Crippen molar-refractivity contribution in [1.82, 2.24) is 14.8 Å². The molecule has 0 saturated carbocycles. The molecule has 6 heteroatoms. The summed E-state index contributed by atoms with van der Waals surface area (Å²) in [5, 5.41) is 0.797. The molecule has 0 N–H and O–H groups in total. The summed E-state index contributed by atoms with van der Waals surface area (Å²) in [5.41, 5.74) is 4.47. The van der Waals surface area contributed by atoms with E-state index in [-0.39, 0.29) is 11.8 Å². The molecule has 0 spiro atoms. The summed E-state index contributed by atoms with van der Waals surface area (Å²) in [7, 11) is 0. The van der Waals surface area contributed by atoms with E-state index in [1.54, 1.807) is 0 Å². The average Bonchev–Trinajstić information content (AvgIpc) is 2.76. The fourth-order valence-corrected chi connectivity index (χ4v) is 4.64. The molecular formula is C24H30ClN3O2. The molecular weight excluding hydrogens is 398 g/mol. The number of morpholine rings is 1. The highest BCUT2D eigenvalue weighted by Gasteiger charge is 2.27. The third-order valence-corrected chi connectivity index (χ3v) is 6.41. The molecule has 2 aliphatic heterocycles. The maximum absolute atomic E-state index is 12.9. The van der Waals surface area contributed by atoms with Gasteiger partial charge in [0, 0.05) is 48.5 Å². The van der Waals surface area contributed by atoms with Gasteiger partial charge in [-0.2, -0.15) is 0 Å². The van der Waals surface area contributed by atoms with Crippen LogP contribution in [-0.2, 0) is 16.0 Å². The van der Waals surface area contributed by atoms with Crippen LogP contribution < -0.4 is 0 Å². The van der Waals surface area contributed by atoms with Gasteiger partial charge in [0.1, 0.15) is 0 Å². The van der Waals surface area contributed by atoms with Crippen LogP contribution in [0.2, 0.25) is 5.02 Å². The van der Waals surface area contributed by atoms with Gasteiger partial charge in [0.2, 0.25) is 5.91 Å². The number of hydrogen-bond donors (Lipinski definition) is 0. The van der Waals surface area contributed by atoms with E-state index in [4.69, 9.17) is 21.3 Å². The number of pyridine rings is 1. The highest BCUT2D eigenvalue weighted by molar-refractivity contribution is 6.31. The predicted molar refractivity (Wildman–Crippen MR) is 119 cm³/mol. The Kier molecular flexibility index (Phi) is 7.03. The first-order valence-corrected chi connectivity index (χ1v) is 11.2. The van der Waals surface area contributed by atoms with E-state index >= 15 is 0 Å². The number of nitrogens with zero attached hydrogens (tertiary/aromatic N) is 3. The zero-order chi connectivity index (χ0) is 20.9. The van der Waals surface area contributed by atoms with E-state index in [1.807, 2.05) is 30.0 Å². The minimum Gasteiger partial charge on any atom is -0.379 e. The largest absolute Gasteiger partial charge is 0.379 e. The van der Waals surface area contributed by atoms with Crippen LogP contribution in [0.4, 0.5) is 0 Å². The summed E-state index contributed by atoms with van der Waals surface area (Å²) in [5.74, 6) is 0.517. The van der Waals surface area contributed by atoms with Crippen molar-refractivity contribution in [2.24, 2.45) is 0 Å². The SMILES string of the molecule is Cc1cc(Cc2ccccc2Cl)cc(C2CCCN(C(=O)CN3CCOCC3)C2)n1. The molecule has 1 aromatic carbocycles. The van der Waals surface area contributed by atoms with Crippen molar-refractivity contribution in [3.63, 3.8) is 0 Å². The molecule has 2 aliphatic rings. The van der Waals surface area contributed by atoms with Crippen LogP contribution in [0.5, 0.6) is 0 Å². The number of likely N-dealkylation sites (tertiary alicyclic amines) is 1. The first-order valence-electron chi connectivity index (χ1n) is 10.9. The fraction of sp³-hybridized carbons (Fsp3) is 0.500. The molecule has 1 unspecified atom stereocenters. The molecule has 2 saturated heterocycles. The first kappa shape index (κ1) is 21.3. The molecule has 1 amide bonds. The lowest BCUT2D eigenvalue weighted by Crippen LogP contribution is -2.47. The molecule has 2 aromatic rings. The second-order valence-corrected chi connectivity index (χ2v) is 8.78. The van der Waals surface area contributed by atoms with E-state index < -0.39 is 0 Å². The molecule has 0 aliphatic carbocycles. The van der Waals surface area contributed by atoms with E-state index in [1.165, 1.54) is 5.56 Å². The van der Waals surface area contributed by atoms with Crippen molar-refractivity contribution >= 4 is 17.5 Å². The first-order chi connectivity index (χ1) is 14.6. The van der Waals surface area contributed by atoms with Gasteiger partial charge in [-0.05, 0) is 55.5 Å². The van der Waals surface area contributed by atoms with Crippen LogP contribution in [0.1, 0.15) is 41.3 Å². The highest BCUT2D eigenvalue weighted by atomic mass is 35.5. The van der Waals surface area contributed by atoms with Crippen molar-refractivity contribution in [1.29, 1.82) is 0 Å². The fourth-order valence-electron chi connectivity index (χ4n) is 4.44. The van der Waals surface area contributed by atoms with E-state index in [9.17, 15) is 4.79 Å². The van der Waals surface area contributed by atoms with E-state index in [0.717, 1.165) is 80.6 Å². The normalized spacial score (nSPS) is 20.3. The average molecular weight is 428 g/mol. The lowest BCUT2D eigenvalue weighted by molar-refractivity contribution is -0.134. The van der Waals surface area contributed by atoms with Crippen molar-refractivity contribution in [2.75, 3.05) is 45.9 Å². The molecule has 4 rings (SSSR count). The number of aryl methyl sites for hydroxylation is 1. The van der Waals surface area contributed by atoms with Crippen molar-refractivity contribution < 1.29 is 9.53 Å². The van der Waals surface area contributed by atoms with Crippen LogP contribution in [0.25, 0.3) is 0 Å². The topological polar surface area (TPSA) is 45.7 Å². The third-order valence-electron chi connectivity index (χ3n) is 6.04. The lowest BCUT2D eigenvalue weighted by atomic mass is 9.92. The number of hydrogen-bond acceptors (Lipinski definition) is 4. The summed E-state index contributed by atoms with van der Waals surface area (Å²) < 4.78 is 5.39. The van der Waals surface area contributed by atoms with Crippen LogP contribution in [0.3, 0.4) is 0 Å². The minimum absolute atomic E-state index is 0.227. The summed E-state index contributed by atoms with van der Waals surface area (Å²) in [6.07, 6.45) is 2.89. The number of rotatable bonds is 5. The third kappa shape index (κ3) is 5.39. The lowest BCUT2D eigenvalue weighted by Gasteiger charge is -2.35. The van der Waals surface area contributed by atoms with Crippen LogP contribution in [-0.4, -0.2) is 66.6 Å². The molecule has 0 bridgehead atoms. The second-order valence-electron chi connectivity index (χ2n) is 8.38. The Morgan fingerprint density at radius 2 is 2.00 bits per heavy atom. The smallest absolute Gasteiger partial charge is 0.236 e. The number of carbonyl (C=O) groups is 1. The Hall–Kier alpha value is -1.95. The second kappa shape index (κ2) is 9.90. The van der Waals surface area contributed by atoms with Gasteiger partial charge in [-0.25, -0.2) is 0 Å². The van der Waals surface area contributed by atoms with Crippen LogP contribution in [0, 0.1) is 6.92 Å². The number of aromatic nitrogens is 1. The molecule has 3 heterocycles. The molecule has 0 radical (unpaired) electrons. The quantitative estimate of drug-likeness (QED) is 0.730. The number of benzene rings is 1. The molecule has 160 valence electrons. The number of amides is 1. The summed E-state index contributed by atoms with van der Waals surface area (Å²) in [6.45, 7) is 7.26. The Bertz CT molecular complexity index is 883. The monoisotopic (exact) mass is 427 g/mol. The van der Waals surface area contributed by atoms with Gasteiger partial charge >= 0.3 is 0 Å². The van der Waals surface area contributed by atoms with Gasteiger partial charge in [0.05, 0.1) is 19.8 Å². The Labute approximate surface area is 184 Å². The van der Waals surface area contributed by atoms with Gasteiger partial charge in [0.15, 0.2) is 0 Å². The molecule has 1 atom stereocenters. The Balaban J connectivity index is 1.44. The van der Waals surface area contributed by atoms with E-state index in [0.29, 0.717) is 6.54 Å². The van der Waals surface area contributed by atoms with Gasteiger partial charge in [-0.1, -0.05) is 29.8 Å². The van der Waals surface area contributed by atoms with Crippen LogP contribution in [0.15, 0.2) is 36.4 Å². The zero-order valence-electron chi connectivity index (χ0n) is 17.6. The molecule has 5 nitrogen and oxygen atoms in total.